The van der Waals surface area contributed by atoms with Gasteiger partial charge in [-0.1, -0.05) is 12.1 Å². The number of benzene rings is 1. The Kier molecular flexibility index (Phi) is 6.80. The van der Waals surface area contributed by atoms with Crippen LogP contribution in [-0.4, -0.2) is 67.5 Å². The summed E-state index contributed by atoms with van der Waals surface area (Å²) in [4.78, 5) is 31.6. The normalized spacial score (nSPS) is 15.1. The number of guanidine groups is 1. The third-order valence-electron chi connectivity index (χ3n) is 4.15. The highest BCUT2D eigenvalue weighted by Gasteiger charge is 2.20. The fourth-order valence-electron chi connectivity index (χ4n) is 2.69. The Balaban J connectivity index is 2.00. The van der Waals surface area contributed by atoms with E-state index < -0.39 is 0 Å². The summed E-state index contributed by atoms with van der Waals surface area (Å²) in [6.45, 7) is 7.92. The van der Waals surface area contributed by atoms with E-state index in [2.05, 4.69) is 15.2 Å². The Hall–Kier alpha value is -2.57. The molecule has 1 fully saturated rings. The molecule has 2 rings (SSSR count). The minimum Gasteiger partial charge on any atom is -0.465 e. The molecule has 1 aromatic carbocycles. The molecule has 136 valence electrons. The molecule has 7 heteroatoms. The smallest absolute Gasteiger partial charge is 0.337 e. The zero-order chi connectivity index (χ0) is 18.2. The second-order valence-electron chi connectivity index (χ2n) is 5.85. The van der Waals surface area contributed by atoms with E-state index >= 15 is 0 Å². The van der Waals surface area contributed by atoms with E-state index in [0.29, 0.717) is 25.2 Å². The van der Waals surface area contributed by atoms with Gasteiger partial charge in [-0.05, 0) is 24.6 Å². The molecule has 0 aliphatic carbocycles. The lowest BCUT2D eigenvalue weighted by molar-refractivity contribution is -0.130. The molecule has 7 nitrogen and oxygen atoms in total. The van der Waals surface area contributed by atoms with Crippen LogP contribution in [0.2, 0.25) is 0 Å². The van der Waals surface area contributed by atoms with Gasteiger partial charge in [-0.25, -0.2) is 9.79 Å². The van der Waals surface area contributed by atoms with Crippen molar-refractivity contribution < 1.29 is 14.3 Å². The van der Waals surface area contributed by atoms with Gasteiger partial charge in [-0.2, -0.15) is 0 Å². The number of esters is 1. The number of carbonyl (C=O) groups is 2. The number of nitrogens with one attached hydrogen (secondary N) is 1. The topological polar surface area (TPSA) is 74.2 Å². The first-order valence-corrected chi connectivity index (χ1v) is 8.51. The van der Waals surface area contributed by atoms with Crippen molar-refractivity contribution >= 4 is 17.8 Å². The van der Waals surface area contributed by atoms with Crippen LogP contribution in [-0.2, 0) is 16.1 Å². The van der Waals surface area contributed by atoms with Crippen LogP contribution in [0.15, 0.2) is 29.3 Å². The number of carbonyl (C=O) groups excluding carboxylic acids is 2. The van der Waals surface area contributed by atoms with Crippen LogP contribution in [0.25, 0.3) is 0 Å². The van der Waals surface area contributed by atoms with Crippen molar-refractivity contribution in [1.29, 1.82) is 0 Å². The van der Waals surface area contributed by atoms with Gasteiger partial charge in [-0.15, -0.1) is 0 Å². The molecule has 0 aromatic heterocycles. The van der Waals surface area contributed by atoms with Crippen LogP contribution in [0.1, 0.15) is 29.8 Å². The van der Waals surface area contributed by atoms with Gasteiger partial charge in [0.2, 0.25) is 5.91 Å². The molecule has 0 unspecified atom stereocenters. The van der Waals surface area contributed by atoms with Gasteiger partial charge in [0.1, 0.15) is 0 Å². The standard InChI is InChI=1S/C18H26N4O3/c1-4-19-18(22-11-9-21(10-12-22)14(2)23)20-13-15-5-7-16(8-6-15)17(24)25-3/h5-8H,4,9-13H2,1-3H3,(H,19,20). The highest BCUT2D eigenvalue weighted by molar-refractivity contribution is 5.89. The zero-order valence-corrected chi connectivity index (χ0v) is 15.1. The first-order chi connectivity index (χ1) is 12.0. The molecule has 1 N–H and O–H groups in total. The zero-order valence-electron chi connectivity index (χ0n) is 15.1. The number of hydrogen-bond acceptors (Lipinski definition) is 4. The molecular formula is C18H26N4O3. The summed E-state index contributed by atoms with van der Waals surface area (Å²) in [7, 11) is 1.37. The number of piperazine rings is 1. The molecule has 0 saturated carbocycles. The molecule has 0 radical (unpaired) electrons. The monoisotopic (exact) mass is 346 g/mol. The minimum atomic E-state index is -0.341. The van der Waals surface area contributed by atoms with E-state index in [-0.39, 0.29) is 11.9 Å². The number of amides is 1. The van der Waals surface area contributed by atoms with E-state index in [1.165, 1.54) is 7.11 Å². The van der Waals surface area contributed by atoms with Crippen LogP contribution in [0, 0.1) is 0 Å². The summed E-state index contributed by atoms with van der Waals surface area (Å²) in [5.74, 6) is 0.627. The largest absolute Gasteiger partial charge is 0.465 e. The maximum Gasteiger partial charge on any atom is 0.337 e. The number of methoxy groups -OCH3 is 1. The third kappa shape index (κ3) is 5.20. The molecule has 1 amide bonds. The van der Waals surface area contributed by atoms with E-state index in [9.17, 15) is 9.59 Å². The molecule has 1 aliphatic rings. The molecule has 25 heavy (non-hydrogen) atoms. The van der Waals surface area contributed by atoms with Crippen molar-refractivity contribution in [2.24, 2.45) is 4.99 Å². The lowest BCUT2D eigenvalue weighted by Crippen LogP contribution is -2.53. The molecule has 0 spiro atoms. The quantitative estimate of drug-likeness (QED) is 0.502. The van der Waals surface area contributed by atoms with E-state index in [1.807, 2.05) is 24.0 Å². The predicted octanol–water partition coefficient (Wildman–Crippen LogP) is 1.10. The summed E-state index contributed by atoms with van der Waals surface area (Å²) >= 11 is 0. The maximum atomic E-state index is 11.5. The molecule has 0 bridgehead atoms. The number of rotatable bonds is 4. The fourth-order valence-corrected chi connectivity index (χ4v) is 2.69. The second-order valence-corrected chi connectivity index (χ2v) is 5.85. The van der Waals surface area contributed by atoms with E-state index in [4.69, 9.17) is 4.74 Å². The van der Waals surface area contributed by atoms with Crippen LogP contribution in [0.3, 0.4) is 0 Å². The molecule has 0 atom stereocenters. The van der Waals surface area contributed by atoms with Gasteiger partial charge < -0.3 is 19.9 Å². The minimum absolute atomic E-state index is 0.118. The Bertz CT molecular complexity index is 620. The Morgan fingerprint density at radius 1 is 1.12 bits per heavy atom. The number of ether oxygens (including phenoxy) is 1. The molecule has 1 aliphatic heterocycles. The first-order valence-electron chi connectivity index (χ1n) is 8.51. The van der Waals surface area contributed by atoms with Gasteiger partial charge >= 0.3 is 5.97 Å². The molecule has 1 aromatic rings. The molecule has 1 heterocycles. The summed E-state index contributed by atoms with van der Waals surface area (Å²) in [5, 5.41) is 3.30. The number of aliphatic imine (C=N–C) groups is 1. The summed E-state index contributed by atoms with van der Waals surface area (Å²) < 4.78 is 4.70. The van der Waals surface area contributed by atoms with Gasteiger partial charge in [0.15, 0.2) is 5.96 Å². The van der Waals surface area contributed by atoms with Crippen molar-refractivity contribution in [3.05, 3.63) is 35.4 Å². The maximum absolute atomic E-state index is 11.5. The number of nitrogens with zero attached hydrogens (tertiary/aromatic N) is 3. The Morgan fingerprint density at radius 3 is 2.24 bits per heavy atom. The first kappa shape index (κ1) is 18.8. The van der Waals surface area contributed by atoms with Crippen LogP contribution in [0.5, 0.6) is 0 Å². The van der Waals surface area contributed by atoms with Crippen molar-refractivity contribution in [3.8, 4) is 0 Å². The Morgan fingerprint density at radius 2 is 1.72 bits per heavy atom. The van der Waals surface area contributed by atoms with E-state index in [1.54, 1.807) is 19.1 Å². The van der Waals surface area contributed by atoms with Crippen LogP contribution in [0.4, 0.5) is 0 Å². The van der Waals surface area contributed by atoms with Crippen molar-refractivity contribution in [3.63, 3.8) is 0 Å². The highest BCUT2D eigenvalue weighted by atomic mass is 16.5. The van der Waals surface area contributed by atoms with Crippen molar-refractivity contribution in [2.45, 2.75) is 20.4 Å². The molecular weight excluding hydrogens is 320 g/mol. The van der Waals surface area contributed by atoms with Gasteiger partial charge in [0.25, 0.3) is 0 Å². The van der Waals surface area contributed by atoms with E-state index in [0.717, 1.165) is 31.2 Å². The predicted molar refractivity (Wildman–Crippen MR) is 96.4 cm³/mol. The SMILES string of the molecule is CCNC(=NCc1ccc(C(=O)OC)cc1)N1CCN(C(C)=O)CC1. The Labute approximate surface area is 148 Å². The average Bonchev–Trinajstić information content (AvgIpc) is 2.65. The second kappa shape index (κ2) is 9.05. The van der Waals surface area contributed by atoms with Gasteiger partial charge in [0, 0.05) is 39.6 Å². The third-order valence-corrected chi connectivity index (χ3v) is 4.15. The number of hydrogen-bond donors (Lipinski definition) is 1. The fraction of sp³-hybridized carbons (Fsp3) is 0.500. The summed E-state index contributed by atoms with van der Waals surface area (Å²) in [6, 6.07) is 7.25. The van der Waals surface area contributed by atoms with Crippen LogP contribution < -0.4 is 5.32 Å². The van der Waals surface area contributed by atoms with Crippen molar-refractivity contribution in [1.82, 2.24) is 15.1 Å². The lowest BCUT2D eigenvalue weighted by atomic mass is 10.1. The summed E-state index contributed by atoms with van der Waals surface area (Å²) in [6.07, 6.45) is 0. The average molecular weight is 346 g/mol. The van der Waals surface area contributed by atoms with Crippen molar-refractivity contribution in [2.75, 3.05) is 39.8 Å². The van der Waals surface area contributed by atoms with Gasteiger partial charge in [-0.3, -0.25) is 4.79 Å². The highest BCUT2D eigenvalue weighted by Crippen LogP contribution is 2.08. The van der Waals surface area contributed by atoms with Gasteiger partial charge in [0.05, 0.1) is 19.2 Å². The lowest BCUT2D eigenvalue weighted by Gasteiger charge is -2.36. The molecule has 1 saturated heterocycles. The summed E-state index contributed by atoms with van der Waals surface area (Å²) in [5.41, 5.74) is 1.55. The van der Waals surface area contributed by atoms with Crippen LogP contribution >= 0.6 is 0 Å².